The first-order valence-corrected chi connectivity index (χ1v) is 9.05. The molecule has 0 unspecified atom stereocenters. The van der Waals surface area contributed by atoms with Gasteiger partial charge in [-0.1, -0.05) is 41.6 Å². The Morgan fingerprint density at radius 2 is 1.85 bits per heavy atom. The summed E-state index contributed by atoms with van der Waals surface area (Å²) in [4.78, 5) is 16.9. The Balaban J connectivity index is 1.63. The first-order chi connectivity index (χ1) is 13.0. The number of rotatable bonds is 7. The third-order valence-corrected chi connectivity index (χ3v) is 4.00. The van der Waals surface area contributed by atoms with Crippen LogP contribution >= 0.6 is 0 Å². The van der Waals surface area contributed by atoms with Crippen LogP contribution in [0.4, 0.5) is 5.69 Å². The number of anilines is 1. The summed E-state index contributed by atoms with van der Waals surface area (Å²) in [6.07, 6.45) is 0.567. The van der Waals surface area contributed by atoms with Crippen molar-refractivity contribution >= 4 is 11.6 Å². The van der Waals surface area contributed by atoms with Gasteiger partial charge in [0.1, 0.15) is 0 Å². The Labute approximate surface area is 159 Å². The normalized spacial score (nSPS) is 12.0. The molecule has 0 aliphatic heterocycles. The smallest absolute Gasteiger partial charge is 0.251 e. The van der Waals surface area contributed by atoms with Gasteiger partial charge in [-0.15, -0.1) is 0 Å². The van der Waals surface area contributed by atoms with Gasteiger partial charge in [-0.2, -0.15) is 4.98 Å². The second-order valence-electron chi connectivity index (χ2n) is 6.78. The molecule has 6 nitrogen and oxygen atoms in total. The number of nitrogens with zero attached hydrogens (tertiary/aromatic N) is 2. The quantitative estimate of drug-likeness (QED) is 0.663. The summed E-state index contributed by atoms with van der Waals surface area (Å²) >= 11 is 0. The molecule has 2 aromatic carbocycles. The van der Waals surface area contributed by atoms with E-state index in [2.05, 4.69) is 34.6 Å². The van der Waals surface area contributed by atoms with Crippen molar-refractivity contribution in [2.24, 2.45) is 0 Å². The van der Waals surface area contributed by atoms with Crippen LogP contribution < -0.4 is 10.6 Å². The van der Waals surface area contributed by atoms with Crippen LogP contribution in [-0.2, 0) is 6.42 Å². The van der Waals surface area contributed by atoms with Crippen LogP contribution in [0.25, 0.3) is 0 Å². The minimum atomic E-state index is -0.354. The number of nitrogens with one attached hydrogen (secondary N) is 2. The number of hydrogen-bond donors (Lipinski definition) is 2. The minimum Gasteiger partial charge on any atom is -0.383 e. The third kappa shape index (κ3) is 5.17. The van der Waals surface area contributed by atoms with Crippen LogP contribution in [0.2, 0.25) is 0 Å². The molecule has 2 N–H and O–H groups in total. The van der Waals surface area contributed by atoms with Gasteiger partial charge in [-0.3, -0.25) is 4.79 Å². The molecule has 0 aliphatic rings. The molecule has 0 aliphatic carbocycles. The molecule has 0 bridgehead atoms. The molecule has 1 atom stereocenters. The molecule has 27 heavy (non-hydrogen) atoms. The van der Waals surface area contributed by atoms with Crippen LogP contribution in [0.1, 0.15) is 54.4 Å². The number of carbonyl (C=O) groups excluding carboxylic acids is 1. The molecule has 140 valence electrons. The average molecular weight is 364 g/mol. The molecule has 3 rings (SSSR count). The van der Waals surface area contributed by atoms with Crippen molar-refractivity contribution in [2.75, 3.05) is 5.32 Å². The zero-order chi connectivity index (χ0) is 19.2. The number of amides is 1. The highest BCUT2D eigenvalue weighted by molar-refractivity contribution is 5.95. The lowest BCUT2D eigenvalue weighted by molar-refractivity contribution is 0.0938. The maximum absolute atomic E-state index is 12.5. The number of benzene rings is 2. The van der Waals surface area contributed by atoms with Gasteiger partial charge in [0.25, 0.3) is 5.91 Å². The van der Waals surface area contributed by atoms with E-state index in [4.69, 9.17) is 4.52 Å². The summed E-state index contributed by atoms with van der Waals surface area (Å²) in [5, 5.41) is 10.2. The average Bonchev–Trinajstić information content (AvgIpc) is 3.11. The molecule has 1 aromatic heterocycles. The number of carbonyl (C=O) groups is 1. The predicted octanol–water partition coefficient (Wildman–Crippen LogP) is 3.97. The fourth-order valence-corrected chi connectivity index (χ4v) is 2.71. The van der Waals surface area contributed by atoms with E-state index < -0.39 is 0 Å². The van der Waals surface area contributed by atoms with Crippen molar-refractivity contribution in [2.45, 2.75) is 39.3 Å². The molecule has 0 radical (unpaired) electrons. The van der Waals surface area contributed by atoms with Gasteiger partial charge in [0.05, 0.1) is 12.5 Å². The van der Waals surface area contributed by atoms with E-state index in [0.717, 1.165) is 11.3 Å². The second-order valence-corrected chi connectivity index (χ2v) is 6.78. The van der Waals surface area contributed by atoms with Gasteiger partial charge >= 0.3 is 0 Å². The van der Waals surface area contributed by atoms with Crippen molar-refractivity contribution in [3.63, 3.8) is 0 Å². The summed E-state index contributed by atoms with van der Waals surface area (Å²) in [6, 6.07) is 17.3. The SMILES string of the molecule is CC(C)Nc1cccc(C(=O)N[C@@H](C)c2noc(Cc3ccccc3)n2)c1. The van der Waals surface area contributed by atoms with Crippen molar-refractivity contribution in [1.29, 1.82) is 0 Å². The van der Waals surface area contributed by atoms with E-state index in [9.17, 15) is 4.79 Å². The van der Waals surface area contributed by atoms with Gasteiger partial charge in [-0.25, -0.2) is 0 Å². The Bertz CT molecular complexity index is 890. The lowest BCUT2D eigenvalue weighted by Gasteiger charge is -2.13. The van der Waals surface area contributed by atoms with Crippen molar-refractivity contribution < 1.29 is 9.32 Å². The maximum Gasteiger partial charge on any atom is 0.251 e. The topological polar surface area (TPSA) is 80.0 Å². The fourth-order valence-electron chi connectivity index (χ4n) is 2.71. The van der Waals surface area contributed by atoms with Gasteiger partial charge in [0.15, 0.2) is 5.82 Å². The Morgan fingerprint density at radius 1 is 1.07 bits per heavy atom. The standard InChI is InChI=1S/C21H24N4O2/c1-14(2)22-18-11-7-10-17(13-18)21(26)23-15(3)20-24-19(27-25-20)12-16-8-5-4-6-9-16/h4-11,13-15,22H,12H2,1-3H3,(H,23,26)/t15-/m0/s1. The van der Waals surface area contributed by atoms with Crippen LogP contribution in [0.5, 0.6) is 0 Å². The number of hydrogen-bond acceptors (Lipinski definition) is 5. The van der Waals surface area contributed by atoms with Crippen LogP contribution in [-0.4, -0.2) is 22.1 Å². The van der Waals surface area contributed by atoms with E-state index in [1.165, 1.54) is 0 Å². The molecular weight excluding hydrogens is 340 g/mol. The molecule has 0 saturated carbocycles. The van der Waals surface area contributed by atoms with Crippen molar-refractivity contribution in [3.05, 3.63) is 77.4 Å². The Morgan fingerprint density at radius 3 is 2.59 bits per heavy atom. The summed E-state index contributed by atoms with van der Waals surface area (Å²) in [7, 11) is 0. The summed E-state index contributed by atoms with van der Waals surface area (Å²) in [5.41, 5.74) is 2.59. The lowest BCUT2D eigenvalue weighted by atomic mass is 10.1. The Hall–Kier alpha value is -3.15. The van der Waals surface area contributed by atoms with Gasteiger partial charge in [-0.05, 0) is 44.5 Å². The van der Waals surface area contributed by atoms with E-state index >= 15 is 0 Å². The molecule has 1 heterocycles. The second kappa shape index (κ2) is 8.49. The fraction of sp³-hybridized carbons (Fsp3) is 0.286. The molecular formula is C21H24N4O2. The van der Waals surface area contributed by atoms with E-state index in [-0.39, 0.29) is 11.9 Å². The molecule has 6 heteroatoms. The van der Waals surface area contributed by atoms with E-state index in [1.807, 2.05) is 55.5 Å². The summed E-state index contributed by atoms with van der Waals surface area (Å²) in [6.45, 7) is 5.95. The molecule has 0 saturated heterocycles. The number of aromatic nitrogens is 2. The Kier molecular flexibility index (Phi) is 5.86. The van der Waals surface area contributed by atoms with E-state index in [1.54, 1.807) is 6.07 Å². The maximum atomic E-state index is 12.5. The van der Waals surface area contributed by atoms with E-state index in [0.29, 0.717) is 29.7 Å². The summed E-state index contributed by atoms with van der Waals surface area (Å²) < 4.78 is 5.32. The molecule has 1 amide bonds. The molecule has 0 spiro atoms. The highest BCUT2D eigenvalue weighted by atomic mass is 16.5. The highest BCUT2D eigenvalue weighted by Gasteiger charge is 2.17. The largest absolute Gasteiger partial charge is 0.383 e. The molecule has 3 aromatic rings. The third-order valence-electron chi connectivity index (χ3n) is 4.00. The van der Waals surface area contributed by atoms with Crippen LogP contribution in [0.15, 0.2) is 59.1 Å². The minimum absolute atomic E-state index is 0.177. The predicted molar refractivity (Wildman–Crippen MR) is 105 cm³/mol. The van der Waals surface area contributed by atoms with Crippen molar-refractivity contribution in [3.8, 4) is 0 Å². The lowest BCUT2D eigenvalue weighted by Crippen LogP contribution is -2.27. The van der Waals surface area contributed by atoms with Crippen LogP contribution in [0, 0.1) is 0 Å². The van der Waals surface area contributed by atoms with Crippen molar-refractivity contribution in [1.82, 2.24) is 15.5 Å². The first-order valence-electron chi connectivity index (χ1n) is 9.05. The highest BCUT2D eigenvalue weighted by Crippen LogP contribution is 2.15. The van der Waals surface area contributed by atoms with Gasteiger partial charge < -0.3 is 15.2 Å². The van der Waals surface area contributed by atoms with Gasteiger partial charge in [0, 0.05) is 17.3 Å². The summed E-state index contributed by atoms with van der Waals surface area (Å²) in [5.74, 6) is 0.815. The zero-order valence-electron chi connectivity index (χ0n) is 15.8. The monoisotopic (exact) mass is 364 g/mol. The zero-order valence-corrected chi connectivity index (χ0v) is 15.8. The first kappa shape index (κ1) is 18.6. The van der Waals surface area contributed by atoms with Crippen LogP contribution in [0.3, 0.4) is 0 Å². The van der Waals surface area contributed by atoms with Gasteiger partial charge in [0.2, 0.25) is 5.89 Å². The molecule has 0 fully saturated rings.